The summed E-state index contributed by atoms with van der Waals surface area (Å²) < 4.78 is 101. The molecule has 0 saturated carbocycles. The molecule has 3 rings (SSSR count). The van der Waals surface area contributed by atoms with Crippen molar-refractivity contribution in [3.8, 4) is 11.5 Å². The second-order valence-electron chi connectivity index (χ2n) is 6.13. The third-order valence-corrected chi connectivity index (χ3v) is 6.54. The molecule has 0 unspecified atom stereocenters. The first kappa shape index (κ1) is 26.6. The minimum absolute atomic E-state index is 0. The van der Waals surface area contributed by atoms with Crippen LogP contribution in [-0.2, 0) is 47.4 Å². The summed E-state index contributed by atoms with van der Waals surface area (Å²) in [5, 5.41) is 30.6. The zero-order valence-electron chi connectivity index (χ0n) is 18.5. The van der Waals surface area contributed by atoms with Gasteiger partial charge in [0.05, 0.1) is 21.2 Å². The molecule has 0 aliphatic heterocycles. The average Bonchev–Trinajstić information content (AvgIpc) is 2.65. The molecule has 0 atom stereocenters. The maximum Gasteiger partial charge on any atom is 2.00 e. The summed E-state index contributed by atoms with van der Waals surface area (Å²) in [4.78, 5) is -2.96. The fourth-order valence-electron chi connectivity index (χ4n) is 2.60. The molecule has 0 amide bonds. The number of hydrogen-bond donors (Lipinski definition) is 0. The van der Waals surface area contributed by atoms with Crippen LogP contribution in [0.3, 0.4) is 0 Å². The maximum absolute atomic E-state index is 12.5. The van der Waals surface area contributed by atoms with Crippen molar-refractivity contribution < 1.29 is 70.5 Å². The average molecular weight is 566 g/mol. The Morgan fingerprint density at radius 1 is 0.697 bits per heavy atom. The molecule has 0 heterocycles. The molecule has 3 aromatic carbocycles. The third kappa shape index (κ3) is 5.66. The fraction of sp³-hybridized carbons (Fsp3) is 0. The van der Waals surface area contributed by atoms with Gasteiger partial charge in [-0.3, -0.25) is 0 Å². The quantitative estimate of drug-likeness (QED) is 0.233. The summed E-state index contributed by atoms with van der Waals surface area (Å²) in [7, 11) is -15.3. The predicted octanol–water partition coefficient (Wildman–Crippen LogP) is 0.450. The van der Waals surface area contributed by atoms with E-state index in [1.54, 1.807) is 0 Å². The standard InChI is InChI=1S/C16H12N2O11S3.Cu/c19-13-4-2-10(31(24,25)26)7-12(13)17-18-15-11-3-1-9(30(21,22)23)5-8(11)6-14(16(15)20)32(27,28)29;/h1-7,19-20H,(H,21,22,23)(H,24,25,26)(H,27,28,29);/q;+2/p-2. The summed E-state index contributed by atoms with van der Waals surface area (Å²) in [6.45, 7) is 0. The summed E-state index contributed by atoms with van der Waals surface area (Å²) in [6.07, 6.45) is 0. The Morgan fingerprint density at radius 2 is 1.24 bits per heavy atom. The molecular weight excluding hydrogens is 556 g/mol. The van der Waals surface area contributed by atoms with Crippen LogP contribution in [0.25, 0.3) is 10.8 Å². The molecule has 0 fully saturated rings. The van der Waals surface area contributed by atoms with Crippen LogP contribution in [0.4, 0.5) is 11.4 Å². The number of fused-ring (bicyclic) bond motifs is 1. The molecule has 17 heteroatoms. The Bertz CT molecular complexity index is 1630. The van der Waals surface area contributed by atoms with Gasteiger partial charge >= 0.3 is 21.3 Å². The number of hydrogen-bond acceptors (Lipinski definition) is 13. The Hall–Kier alpha value is -2.63. The van der Waals surface area contributed by atoms with E-state index >= 15 is 0 Å². The molecule has 0 N–H and O–H groups in total. The molecule has 3 aromatic rings. The molecular formula is C16H10CuN2O11S3. The molecule has 0 aromatic heterocycles. The van der Waals surface area contributed by atoms with Crippen LogP contribution in [0.5, 0.6) is 11.5 Å². The van der Waals surface area contributed by atoms with E-state index in [0.717, 1.165) is 12.1 Å². The minimum Gasteiger partial charge on any atom is -0.871 e. The first-order valence-corrected chi connectivity index (χ1v) is 12.2. The zero-order valence-corrected chi connectivity index (χ0v) is 18.8. The van der Waals surface area contributed by atoms with Crippen LogP contribution in [0.1, 0.15) is 4.28 Å². The molecule has 0 saturated heterocycles. The van der Waals surface area contributed by atoms with E-state index < -0.39 is 67.9 Å². The third-order valence-electron chi connectivity index (χ3n) is 4.04. The summed E-state index contributed by atoms with van der Waals surface area (Å²) >= 11 is 0. The smallest absolute Gasteiger partial charge is 0.871 e. The van der Waals surface area contributed by atoms with Gasteiger partial charge in [0.25, 0.3) is 0 Å². The summed E-state index contributed by atoms with van der Waals surface area (Å²) in [6, 6.07) is 4.95. The Morgan fingerprint density at radius 3 is 1.79 bits per heavy atom. The van der Waals surface area contributed by atoms with E-state index in [1.165, 1.54) is 0 Å². The van der Waals surface area contributed by atoms with Crippen molar-refractivity contribution in [1.82, 2.24) is 0 Å². The van der Waals surface area contributed by atoms with Crippen molar-refractivity contribution in [1.29, 1.82) is 0 Å². The van der Waals surface area contributed by atoms with Crippen molar-refractivity contribution in [2.45, 2.75) is 14.7 Å². The minimum atomic E-state index is -5.39. The number of rotatable bonds is 5. The van der Waals surface area contributed by atoms with Gasteiger partial charge in [0.1, 0.15) is 30.4 Å². The monoisotopic (exact) mass is 565 g/mol. The largest absolute Gasteiger partial charge is 2.00 e. The van der Waals surface area contributed by atoms with E-state index in [2.05, 4.69) is 10.2 Å². The van der Waals surface area contributed by atoms with Gasteiger partial charge in [0, 0.05) is 10.3 Å². The molecule has 0 aliphatic carbocycles. The fourth-order valence-corrected chi connectivity index (χ4v) is 4.19. The Labute approximate surface area is 201 Å². The van der Waals surface area contributed by atoms with Gasteiger partial charge < -0.3 is 23.9 Å². The molecule has 33 heavy (non-hydrogen) atoms. The van der Waals surface area contributed by atoms with Crippen LogP contribution in [-0.4, -0.2) is 38.9 Å². The van der Waals surface area contributed by atoms with E-state index in [-0.39, 0.29) is 32.1 Å². The second-order valence-corrected chi connectivity index (χ2v) is 10.2. The van der Waals surface area contributed by atoms with Gasteiger partial charge in [0.2, 0.25) is 0 Å². The summed E-state index contributed by atoms with van der Waals surface area (Å²) in [5.74, 6) is -2.36. The van der Waals surface area contributed by atoms with Crippen molar-refractivity contribution in [3.63, 3.8) is 0 Å². The zero-order chi connectivity index (χ0) is 24.1. The molecule has 0 spiro atoms. The van der Waals surface area contributed by atoms with Crippen LogP contribution in [0.15, 0.2) is 67.4 Å². The molecule has 13 nitrogen and oxygen atoms in total. The van der Waals surface area contributed by atoms with E-state index in [1.807, 2.05) is 0 Å². The van der Waals surface area contributed by atoms with Crippen LogP contribution < -0.4 is 10.2 Å². The maximum atomic E-state index is 12.5. The van der Waals surface area contributed by atoms with Crippen molar-refractivity contribution in [2.75, 3.05) is 0 Å². The Balaban J connectivity index is 0. The van der Waals surface area contributed by atoms with E-state index in [4.69, 9.17) is 0 Å². The van der Waals surface area contributed by atoms with Crippen molar-refractivity contribution >= 4 is 52.5 Å². The van der Waals surface area contributed by atoms with Gasteiger partial charge in [-0.25, -0.2) is 25.3 Å². The van der Waals surface area contributed by atoms with E-state index in [9.17, 15) is 49.1 Å². The van der Waals surface area contributed by atoms with Gasteiger partial charge in [0.15, 0.2) is 0 Å². The Kier molecular flexibility index (Phi) is 7.23. The molecule has 179 valence electrons. The molecule has 0 aliphatic rings. The number of benzene rings is 3. The van der Waals surface area contributed by atoms with Crippen molar-refractivity contribution in [3.05, 3.63) is 42.5 Å². The predicted molar refractivity (Wildman–Crippen MR) is 101 cm³/mol. The van der Waals surface area contributed by atoms with Crippen molar-refractivity contribution in [2.24, 2.45) is 10.2 Å². The van der Waals surface area contributed by atoms with Gasteiger partial charge in [-0.05, 0) is 35.7 Å². The normalized spacial score (nSPS) is 12.7. The van der Waals surface area contributed by atoms with Crippen LogP contribution >= 0.6 is 0 Å². The SMILES string of the molecule is O=S(=O)([O-])c1ccc([O-])c(N=Nc2c([O-])c(S(=O)(=O)[O-])cc3cc(S(=O)(=O)[O-])ccc23)c1.[Cu+2].[H+].[H+].[H+]. The van der Waals surface area contributed by atoms with Gasteiger partial charge in [-0.15, -0.1) is 0 Å². The molecule has 0 bridgehead atoms. The second kappa shape index (κ2) is 8.96. The van der Waals surface area contributed by atoms with Crippen LogP contribution in [0, 0.1) is 0 Å². The van der Waals surface area contributed by atoms with Crippen LogP contribution in [0.2, 0.25) is 0 Å². The summed E-state index contributed by atoms with van der Waals surface area (Å²) in [5.41, 5.74) is -1.52. The topological polar surface area (TPSA) is 242 Å². The first-order valence-electron chi connectivity index (χ1n) is 7.97. The number of nitrogens with zero attached hydrogens (tertiary/aromatic N) is 2. The van der Waals surface area contributed by atoms with E-state index in [0.29, 0.717) is 30.3 Å². The first-order chi connectivity index (χ1) is 14.6. The van der Waals surface area contributed by atoms with Gasteiger partial charge in [-0.1, -0.05) is 23.6 Å². The van der Waals surface area contributed by atoms with Gasteiger partial charge in [-0.2, -0.15) is 10.2 Å². The molecule has 1 radical (unpaired) electrons. The number of azo groups is 1.